The van der Waals surface area contributed by atoms with E-state index in [1.165, 1.54) is 5.56 Å². The lowest BCUT2D eigenvalue weighted by Crippen LogP contribution is -2.30. The molecular formula is C21H27NO3. The molecule has 0 unspecified atom stereocenters. The highest BCUT2D eigenvalue weighted by atomic mass is 16.5. The van der Waals surface area contributed by atoms with Crippen molar-refractivity contribution in [2.45, 2.75) is 34.3 Å². The number of ether oxygens (including phenoxy) is 2. The van der Waals surface area contributed by atoms with E-state index in [1.54, 1.807) is 4.90 Å². The largest absolute Gasteiger partial charge is 0.493 e. The first-order valence-electron chi connectivity index (χ1n) is 8.83. The van der Waals surface area contributed by atoms with Gasteiger partial charge in [-0.3, -0.25) is 4.79 Å². The molecule has 25 heavy (non-hydrogen) atoms. The highest BCUT2D eigenvalue weighted by Crippen LogP contribution is 2.23. The van der Waals surface area contributed by atoms with Crippen molar-refractivity contribution in [3.63, 3.8) is 0 Å². The normalized spacial score (nSPS) is 10.4. The van der Waals surface area contributed by atoms with E-state index in [4.69, 9.17) is 9.47 Å². The molecule has 1 amide bonds. The number of nitrogens with zero attached hydrogens (tertiary/aromatic N) is 1. The molecule has 0 atom stereocenters. The SMILES string of the molecule is CCOc1ccc(C(=O)N(CC)CC)cc1COc1ccc(C)cc1. The van der Waals surface area contributed by atoms with Crippen LogP contribution < -0.4 is 9.47 Å². The van der Waals surface area contributed by atoms with Crippen molar-refractivity contribution in [3.05, 3.63) is 59.2 Å². The van der Waals surface area contributed by atoms with Crippen LogP contribution in [-0.2, 0) is 6.61 Å². The van der Waals surface area contributed by atoms with Gasteiger partial charge in [0.1, 0.15) is 18.1 Å². The van der Waals surface area contributed by atoms with Gasteiger partial charge in [0.15, 0.2) is 0 Å². The van der Waals surface area contributed by atoms with Gasteiger partial charge in [0, 0.05) is 24.2 Å². The second-order valence-electron chi connectivity index (χ2n) is 5.83. The Labute approximate surface area is 150 Å². The van der Waals surface area contributed by atoms with Crippen LogP contribution in [0, 0.1) is 6.92 Å². The summed E-state index contributed by atoms with van der Waals surface area (Å²) in [6.45, 7) is 10.3. The van der Waals surface area contributed by atoms with E-state index in [1.807, 2.05) is 70.2 Å². The number of hydrogen-bond acceptors (Lipinski definition) is 3. The molecule has 0 aromatic heterocycles. The molecule has 0 N–H and O–H groups in total. The summed E-state index contributed by atoms with van der Waals surface area (Å²) in [5.41, 5.74) is 2.73. The van der Waals surface area contributed by atoms with Gasteiger partial charge in [-0.05, 0) is 58.0 Å². The lowest BCUT2D eigenvalue weighted by atomic mass is 10.1. The van der Waals surface area contributed by atoms with Crippen molar-refractivity contribution in [2.75, 3.05) is 19.7 Å². The predicted octanol–water partition coefficient (Wildman–Crippen LogP) is 4.45. The van der Waals surface area contributed by atoms with E-state index in [9.17, 15) is 4.79 Å². The monoisotopic (exact) mass is 341 g/mol. The van der Waals surface area contributed by atoms with E-state index < -0.39 is 0 Å². The van der Waals surface area contributed by atoms with Gasteiger partial charge in [-0.25, -0.2) is 0 Å². The zero-order valence-corrected chi connectivity index (χ0v) is 15.5. The first-order chi connectivity index (χ1) is 12.1. The minimum atomic E-state index is 0.0321. The molecule has 0 fully saturated rings. The minimum Gasteiger partial charge on any atom is -0.493 e. The summed E-state index contributed by atoms with van der Waals surface area (Å²) in [6, 6.07) is 13.5. The molecule has 0 bridgehead atoms. The lowest BCUT2D eigenvalue weighted by Gasteiger charge is -2.20. The van der Waals surface area contributed by atoms with E-state index in [0.717, 1.165) is 17.1 Å². The molecule has 0 saturated carbocycles. The standard InChI is InChI=1S/C21H27NO3/c1-5-22(6-2)21(23)17-10-13-20(24-7-3)18(14-17)15-25-19-11-8-16(4)9-12-19/h8-14H,5-7,15H2,1-4H3. The third kappa shape index (κ3) is 4.99. The Kier molecular flexibility index (Phi) is 6.87. The van der Waals surface area contributed by atoms with Gasteiger partial charge in [0.25, 0.3) is 5.91 Å². The van der Waals surface area contributed by atoms with Crippen LogP contribution in [0.2, 0.25) is 0 Å². The fourth-order valence-corrected chi connectivity index (χ4v) is 2.61. The third-order valence-electron chi connectivity index (χ3n) is 4.07. The molecule has 0 heterocycles. The van der Waals surface area contributed by atoms with Crippen LogP contribution >= 0.6 is 0 Å². The summed E-state index contributed by atoms with van der Waals surface area (Å²) in [7, 11) is 0. The maximum Gasteiger partial charge on any atom is 0.253 e. The zero-order chi connectivity index (χ0) is 18.2. The summed E-state index contributed by atoms with van der Waals surface area (Å²) in [5, 5.41) is 0. The fraction of sp³-hybridized carbons (Fsp3) is 0.381. The molecule has 0 aliphatic heterocycles. The van der Waals surface area contributed by atoms with Crippen molar-refractivity contribution >= 4 is 5.91 Å². The highest BCUT2D eigenvalue weighted by Gasteiger charge is 2.15. The molecule has 0 spiro atoms. The van der Waals surface area contributed by atoms with Crippen molar-refractivity contribution in [1.29, 1.82) is 0 Å². The number of carbonyl (C=O) groups is 1. The minimum absolute atomic E-state index is 0.0321. The van der Waals surface area contributed by atoms with Gasteiger partial charge in [0.05, 0.1) is 6.61 Å². The Morgan fingerprint density at radius 3 is 2.24 bits per heavy atom. The molecule has 0 saturated heterocycles. The molecule has 2 aromatic rings. The van der Waals surface area contributed by atoms with Gasteiger partial charge >= 0.3 is 0 Å². The van der Waals surface area contributed by atoms with Gasteiger partial charge in [-0.2, -0.15) is 0 Å². The first-order valence-corrected chi connectivity index (χ1v) is 8.83. The Bertz CT molecular complexity index is 691. The first kappa shape index (κ1) is 18.8. The molecule has 2 aromatic carbocycles. The molecule has 0 aliphatic carbocycles. The summed E-state index contributed by atoms with van der Waals surface area (Å²) < 4.78 is 11.6. The second-order valence-corrected chi connectivity index (χ2v) is 5.83. The van der Waals surface area contributed by atoms with Crippen molar-refractivity contribution in [1.82, 2.24) is 4.90 Å². The van der Waals surface area contributed by atoms with E-state index in [-0.39, 0.29) is 5.91 Å². The number of benzene rings is 2. The number of rotatable bonds is 8. The maximum atomic E-state index is 12.6. The number of hydrogen-bond donors (Lipinski definition) is 0. The Morgan fingerprint density at radius 1 is 0.960 bits per heavy atom. The molecular weight excluding hydrogens is 314 g/mol. The molecule has 4 heteroatoms. The summed E-state index contributed by atoms with van der Waals surface area (Å²) in [5.74, 6) is 1.59. The van der Waals surface area contributed by atoms with Crippen LogP contribution in [0.5, 0.6) is 11.5 Å². The van der Waals surface area contributed by atoms with Crippen molar-refractivity contribution < 1.29 is 14.3 Å². The third-order valence-corrected chi connectivity index (χ3v) is 4.07. The van der Waals surface area contributed by atoms with Gasteiger partial charge in [0.2, 0.25) is 0 Å². The Morgan fingerprint density at radius 2 is 1.64 bits per heavy atom. The Hall–Kier alpha value is -2.49. The molecule has 2 rings (SSSR count). The van der Waals surface area contributed by atoms with Crippen LogP contribution in [0.4, 0.5) is 0 Å². The molecule has 0 aliphatic rings. The van der Waals surface area contributed by atoms with Gasteiger partial charge < -0.3 is 14.4 Å². The fourth-order valence-electron chi connectivity index (χ4n) is 2.61. The Balaban J connectivity index is 2.22. The van der Waals surface area contributed by atoms with Crippen molar-refractivity contribution in [3.8, 4) is 11.5 Å². The molecule has 134 valence electrons. The average molecular weight is 341 g/mol. The maximum absolute atomic E-state index is 12.6. The van der Waals surface area contributed by atoms with E-state index >= 15 is 0 Å². The molecule has 0 radical (unpaired) electrons. The van der Waals surface area contributed by atoms with Crippen LogP contribution in [-0.4, -0.2) is 30.5 Å². The average Bonchev–Trinajstić information content (AvgIpc) is 2.63. The smallest absolute Gasteiger partial charge is 0.253 e. The highest BCUT2D eigenvalue weighted by molar-refractivity contribution is 5.94. The van der Waals surface area contributed by atoms with E-state index in [2.05, 4.69) is 0 Å². The van der Waals surface area contributed by atoms with E-state index in [0.29, 0.717) is 31.9 Å². The second kappa shape index (κ2) is 9.11. The number of carbonyl (C=O) groups excluding carboxylic acids is 1. The van der Waals surface area contributed by atoms with Gasteiger partial charge in [-0.1, -0.05) is 17.7 Å². The van der Waals surface area contributed by atoms with Crippen LogP contribution in [0.25, 0.3) is 0 Å². The van der Waals surface area contributed by atoms with Crippen LogP contribution in [0.15, 0.2) is 42.5 Å². The number of aryl methyl sites for hydroxylation is 1. The predicted molar refractivity (Wildman–Crippen MR) is 100 cm³/mol. The summed E-state index contributed by atoms with van der Waals surface area (Å²) in [6.07, 6.45) is 0. The van der Waals surface area contributed by atoms with Crippen LogP contribution in [0.3, 0.4) is 0 Å². The van der Waals surface area contributed by atoms with Gasteiger partial charge in [-0.15, -0.1) is 0 Å². The molecule has 4 nitrogen and oxygen atoms in total. The lowest BCUT2D eigenvalue weighted by molar-refractivity contribution is 0.0772. The zero-order valence-electron chi connectivity index (χ0n) is 15.5. The summed E-state index contributed by atoms with van der Waals surface area (Å²) >= 11 is 0. The van der Waals surface area contributed by atoms with Crippen LogP contribution in [0.1, 0.15) is 42.3 Å². The topological polar surface area (TPSA) is 38.8 Å². The quantitative estimate of drug-likeness (QED) is 0.712. The van der Waals surface area contributed by atoms with Crippen molar-refractivity contribution in [2.24, 2.45) is 0 Å². The summed E-state index contributed by atoms with van der Waals surface area (Å²) in [4.78, 5) is 14.4. The number of amides is 1.